The number of aryl methyl sites for hydroxylation is 1. The van der Waals surface area contributed by atoms with Crippen LogP contribution >= 0.6 is 0 Å². The van der Waals surface area contributed by atoms with Gasteiger partial charge in [-0.25, -0.2) is 4.79 Å². The van der Waals surface area contributed by atoms with Gasteiger partial charge < -0.3 is 6.92 Å². The van der Waals surface area contributed by atoms with Crippen molar-refractivity contribution in [2.24, 2.45) is 0 Å². The maximum Gasteiger partial charge on any atom is 0.339 e. The quantitative estimate of drug-likeness (QED) is 0.467. The molecule has 149 valence electrons. The number of unbranched alkanes of at least 4 members (excludes halogenated alkanes) is 1. The molecule has 29 heavy (non-hydrogen) atoms. The number of hydrogen-bond acceptors (Lipinski definition) is 3. The first kappa shape index (κ1) is 23.4. The molecule has 6 heteroatoms. The molecule has 0 aromatic heterocycles. The van der Waals surface area contributed by atoms with E-state index < -0.39 is 23.9 Å². The molecule has 1 aliphatic heterocycles. The third kappa shape index (κ3) is 4.84. The number of rotatable bonds is 6. The minimum absolute atomic E-state index is 0. The van der Waals surface area contributed by atoms with Crippen molar-refractivity contribution in [3.05, 3.63) is 72.1 Å². The van der Waals surface area contributed by atoms with Gasteiger partial charge >= 0.3 is 6.03 Å². The van der Waals surface area contributed by atoms with Crippen LogP contribution in [0.5, 0.6) is 0 Å². The number of nitrogens with zero attached hydrogens (tertiary/aromatic N) is 2. The molecule has 1 fully saturated rings. The van der Waals surface area contributed by atoms with Gasteiger partial charge in [-0.1, -0.05) is 55.3 Å². The number of hydrogen-bond donors (Lipinski definition) is 0. The Balaban J connectivity index is 0.00000300. The molecule has 0 spiro atoms. The predicted octanol–water partition coefficient (Wildman–Crippen LogP) is 4.46. The second kappa shape index (κ2) is 10.3. The smallest absolute Gasteiger partial charge is 0.339 e. The summed E-state index contributed by atoms with van der Waals surface area (Å²) in [5.41, 5.74) is 3.50. The van der Waals surface area contributed by atoms with Gasteiger partial charge in [0.05, 0.1) is 0 Å². The first-order valence-corrected chi connectivity index (χ1v) is 9.62. The van der Waals surface area contributed by atoms with Gasteiger partial charge in [-0.15, -0.1) is 0 Å². The van der Waals surface area contributed by atoms with Crippen LogP contribution in [0.4, 0.5) is 10.5 Å². The van der Waals surface area contributed by atoms with Crippen LogP contribution in [0.2, 0.25) is 0 Å². The second-order valence-corrected chi connectivity index (χ2v) is 7.01. The van der Waals surface area contributed by atoms with Crippen molar-refractivity contribution >= 4 is 23.5 Å². The molecular weight excluding hydrogens is 441 g/mol. The normalized spacial score (nSPS) is 16.2. The van der Waals surface area contributed by atoms with Crippen LogP contribution in [0.3, 0.4) is 0 Å². The summed E-state index contributed by atoms with van der Waals surface area (Å²) >= 11 is 0. The third-order valence-corrected chi connectivity index (χ3v) is 5.04. The molecule has 1 saturated heterocycles. The van der Waals surface area contributed by atoms with E-state index in [1.54, 1.807) is 0 Å². The molecule has 1 radical (unpaired) electrons. The molecule has 0 saturated carbocycles. The van der Waals surface area contributed by atoms with Crippen LogP contribution in [0.25, 0.3) is 0 Å². The van der Waals surface area contributed by atoms with E-state index in [2.05, 4.69) is 13.8 Å². The number of benzene rings is 2. The third-order valence-electron chi connectivity index (χ3n) is 5.04. The number of imide groups is 3. The molecule has 1 heterocycles. The molecule has 3 rings (SSSR count). The zero-order valence-electron chi connectivity index (χ0n) is 16.9. The fourth-order valence-electron chi connectivity index (χ4n) is 3.46. The number of amides is 4. The molecule has 2 aromatic rings. The molecule has 1 aliphatic rings. The minimum atomic E-state index is -0.850. The van der Waals surface area contributed by atoms with Crippen LogP contribution in [0.15, 0.2) is 48.5 Å². The molecule has 0 N–H and O–H groups in total. The van der Waals surface area contributed by atoms with Gasteiger partial charge in [0, 0.05) is 45.3 Å². The van der Waals surface area contributed by atoms with E-state index >= 15 is 0 Å². The largest absolute Gasteiger partial charge is 0.339 e. The fourth-order valence-corrected chi connectivity index (χ4v) is 3.46. The summed E-state index contributed by atoms with van der Waals surface area (Å²) in [5.74, 6) is -1.09. The minimum Gasteiger partial charge on any atom is -0.339 e. The summed E-state index contributed by atoms with van der Waals surface area (Å²) in [6.45, 7) is 7.23. The van der Waals surface area contributed by atoms with Crippen molar-refractivity contribution in [1.82, 2.24) is 4.90 Å². The van der Waals surface area contributed by atoms with Gasteiger partial charge in [0.2, 0.25) is 5.91 Å². The van der Waals surface area contributed by atoms with Crippen molar-refractivity contribution < 1.29 is 47.1 Å². The molecule has 1 atom stereocenters. The Labute approximate surface area is 197 Å². The molecule has 2 aromatic carbocycles. The predicted molar refractivity (Wildman–Crippen MR) is 109 cm³/mol. The Hall–Kier alpha value is -1.85. The summed E-state index contributed by atoms with van der Waals surface area (Å²) in [6, 6.07) is 13.6. The summed E-state index contributed by atoms with van der Waals surface area (Å²) in [5, 5.41) is 0. The molecule has 0 bridgehead atoms. The van der Waals surface area contributed by atoms with Crippen molar-refractivity contribution in [3.63, 3.8) is 0 Å². The standard InChI is InChI=1S/C23H25N2O3.Y/c1-4-6-7-18-10-14-20(15-11-18)25-21(19-12-8-17(5-2)9-13-19)22(27)24(16(3)26)23(25)28;/h8-15,21H,2,4-7H2,1,3H3;/q-1;. The van der Waals surface area contributed by atoms with E-state index in [0.717, 1.165) is 29.7 Å². The van der Waals surface area contributed by atoms with E-state index in [9.17, 15) is 14.4 Å². The Bertz CT molecular complexity index is 878. The SMILES string of the molecule is [CH2-]Cc1ccc(C2C(=O)N(C(C)=O)C(=O)N2c2ccc(CCCC)cc2)cc1.[Y]. The van der Waals surface area contributed by atoms with Gasteiger partial charge in [-0.3, -0.25) is 14.5 Å². The maximum absolute atomic E-state index is 12.9. The van der Waals surface area contributed by atoms with E-state index in [4.69, 9.17) is 0 Å². The second-order valence-electron chi connectivity index (χ2n) is 7.01. The Morgan fingerprint density at radius 1 is 1.00 bits per heavy atom. The Morgan fingerprint density at radius 2 is 1.59 bits per heavy atom. The number of carbonyl (C=O) groups is 3. The average molecular weight is 466 g/mol. The summed E-state index contributed by atoms with van der Waals surface area (Å²) in [6.07, 6.45) is 3.82. The van der Waals surface area contributed by atoms with Gasteiger partial charge in [-0.05, 0) is 36.1 Å². The molecular formula is C23H25N2O3Y-. The fraction of sp³-hybridized carbons (Fsp3) is 0.304. The zero-order chi connectivity index (χ0) is 20.3. The maximum atomic E-state index is 12.9. The first-order chi connectivity index (χ1) is 13.5. The van der Waals surface area contributed by atoms with E-state index in [0.29, 0.717) is 17.7 Å². The summed E-state index contributed by atoms with van der Waals surface area (Å²) < 4.78 is 0. The monoisotopic (exact) mass is 466 g/mol. The average Bonchev–Trinajstić information content (AvgIpc) is 2.97. The van der Waals surface area contributed by atoms with Crippen LogP contribution in [-0.4, -0.2) is 22.7 Å². The number of anilines is 1. The van der Waals surface area contributed by atoms with Crippen LogP contribution in [0, 0.1) is 6.92 Å². The van der Waals surface area contributed by atoms with Crippen molar-refractivity contribution in [1.29, 1.82) is 0 Å². The molecule has 1 unspecified atom stereocenters. The van der Waals surface area contributed by atoms with Gasteiger partial charge in [0.15, 0.2) is 0 Å². The van der Waals surface area contributed by atoms with E-state index in [1.165, 1.54) is 17.4 Å². The van der Waals surface area contributed by atoms with E-state index in [1.807, 2.05) is 48.5 Å². The molecule has 0 aliphatic carbocycles. The Kier molecular flexibility index (Phi) is 8.29. The molecule has 5 nitrogen and oxygen atoms in total. The van der Waals surface area contributed by atoms with Crippen molar-refractivity contribution in [2.75, 3.05) is 4.90 Å². The van der Waals surface area contributed by atoms with Crippen molar-refractivity contribution in [3.8, 4) is 0 Å². The topological polar surface area (TPSA) is 57.7 Å². The number of carbonyl (C=O) groups excluding carboxylic acids is 3. The molecule has 4 amide bonds. The van der Waals surface area contributed by atoms with Gasteiger partial charge in [-0.2, -0.15) is 11.3 Å². The number of urea groups is 1. The van der Waals surface area contributed by atoms with Crippen LogP contribution < -0.4 is 4.90 Å². The van der Waals surface area contributed by atoms with E-state index in [-0.39, 0.29) is 32.7 Å². The first-order valence-electron chi connectivity index (χ1n) is 9.62. The summed E-state index contributed by atoms with van der Waals surface area (Å²) in [7, 11) is 0. The van der Waals surface area contributed by atoms with Crippen molar-refractivity contribution in [2.45, 2.75) is 45.6 Å². The van der Waals surface area contributed by atoms with Crippen LogP contribution in [-0.2, 0) is 55.1 Å². The summed E-state index contributed by atoms with van der Waals surface area (Å²) in [4.78, 5) is 39.9. The van der Waals surface area contributed by atoms with Crippen LogP contribution in [0.1, 0.15) is 49.4 Å². The zero-order valence-corrected chi connectivity index (χ0v) is 19.8. The van der Waals surface area contributed by atoms with Gasteiger partial charge in [0.25, 0.3) is 5.91 Å². The van der Waals surface area contributed by atoms with Gasteiger partial charge in [0.1, 0.15) is 6.04 Å². The Morgan fingerprint density at radius 3 is 2.10 bits per heavy atom.